The number of nitrogens with zero attached hydrogens (tertiary/aromatic N) is 3. The molecule has 7 heteroatoms. The lowest BCUT2D eigenvalue weighted by Crippen LogP contribution is -2.22. The molecule has 2 heterocycles. The monoisotopic (exact) mass is 416 g/mol. The zero-order chi connectivity index (χ0) is 22.0. The normalized spacial score (nSPS) is 10.8. The van der Waals surface area contributed by atoms with Gasteiger partial charge in [0.05, 0.1) is 26.1 Å². The van der Waals surface area contributed by atoms with Gasteiger partial charge >= 0.3 is 0 Å². The van der Waals surface area contributed by atoms with Gasteiger partial charge in [0, 0.05) is 18.3 Å². The van der Waals surface area contributed by atoms with E-state index < -0.39 is 0 Å². The van der Waals surface area contributed by atoms with Crippen LogP contribution in [0.2, 0.25) is 0 Å². The molecule has 31 heavy (non-hydrogen) atoms. The zero-order valence-corrected chi connectivity index (χ0v) is 18.0. The summed E-state index contributed by atoms with van der Waals surface area (Å²) in [6, 6.07) is 13.7. The first-order valence-electron chi connectivity index (χ1n) is 9.91. The van der Waals surface area contributed by atoms with Crippen molar-refractivity contribution in [2.24, 2.45) is 0 Å². The van der Waals surface area contributed by atoms with Crippen molar-refractivity contribution in [2.45, 2.75) is 20.4 Å². The number of nitrogens with one attached hydrogen (secondary N) is 1. The number of aromatic nitrogens is 3. The largest absolute Gasteiger partial charge is 0.493 e. The number of aryl methyl sites for hydroxylation is 2. The summed E-state index contributed by atoms with van der Waals surface area (Å²) in [5.74, 6) is 1.02. The van der Waals surface area contributed by atoms with E-state index in [9.17, 15) is 4.79 Å². The first kappa shape index (κ1) is 20.4. The van der Waals surface area contributed by atoms with Gasteiger partial charge in [0.25, 0.3) is 5.91 Å². The molecule has 7 nitrogen and oxygen atoms in total. The molecule has 158 valence electrons. The second-order valence-electron chi connectivity index (χ2n) is 7.29. The van der Waals surface area contributed by atoms with E-state index in [1.165, 1.54) is 11.1 Å². The first-order chi connectivity index (χ1) is 15.0. The molecule has 0 fully saturated rings. The minimum atomic E-state index is -0.241. The van der Waals surface area contributed by atoms with Crippen LogP contribution in [-0.4, -0.2) is 34.7 Å². The van der Waals surface area contributed by atoms with Gasteiger partial charge in [-0.15, -0.1) is 0 Å². The van der Waals surface area contributed by atoms with Crippen molar-refractivity contribution >= 4 is 11.6 Å². The molecule has 0 aliphatic heterocycles. The number of carbonyl (C=O) groups is 1. The van der Waals surface area contributed by atoms with Gasteiger partial charge in [-0.25, -0.2) is 9.50 Å². The molecular formula is C24H24N4O3. The Morgan fingerprint density at radius 3 is 2.55 bits per heavy atom. The number of hydrogen-bond donors (Lipinski definition) is 1. The van der Waals surface area contributed by atoms with Crippen molar-refractivity contribution < 1.29 is 14.3 Å². The number of hydrogen-bond acceptors (Lipinski definition) is 5. The fourth-order valence-electron chi connectivity index (χ4n) is 3.44. The van der Waals surface area contributed by atoms with E-state index in [2.05, 4.69) is 47.4 Å². The molecule has 2 aromatic carbocycles. The molecule has 0 saturated heterocycles. The summed E-state index contributed by atoms with van der Waals surface area (Å²) < 4.78 is 12.3. The smallest absolute Gasteiger partial charge is 0.257 e. The van der Waals surface area contributed by atoms with Crippen molar-refractivity contribution in [1.82, 2.24) is 19.9 Å². The maximum Gasteiger partial charge on any atom is 0.257 e. The molecule has 0 saturated carbocycles. The van der Waals surface area contributed by atoms with Crippen molar-refractivity contribution in [3.05, 3.63) is 77.1 Å². The Labute approximate surface area is 180 Å². The van der Waals surface area contributed by atoms with Crippen molar-refractivity contribution in [1.29, 1.82) is 0 Å². The summed E-state index contributed by atoms with van der Waals surface area (Å²) in [6.45, 7) is 4.50. The van der Waals surface area contributed by atoms with Crippen LogP contribution in [0.25, 0.3) is 16.9 Å². The number of ether oxygens (including phenoxy) is 2. The lowest BCUT2D eigenvalue weighted by atomic mass is 10.0. The second-order valence-corrected chi connectivity index (χ2v) is 7.29. The molecular weight excluding hydrogens is 392 g/mol. The molecule has 0 unspecified atom stereocenters. The lowest BCUT2D eigenvalue weighted by Gasteiger charge is -2.10. The fraction of sp³-hybridized carbons (Fsp3) is 0.208. The molecule has 0 aliphatic rings. The molecule has 0 atom stereocenters. The van der Waals surface area contributed by atoms with Crippen LogP contribution in [-0.2, 0) is 6.54 Å². The minimum absolute atomic E-state index is 0.241. The Balaban J connectivity index is 1.59. The Kier molecular flexibility index (Phi) is 5.58. The van der Waals surface area contributed by atoms with Gasteiger partial charge in [0.2, 0.25) is 0 Å². The highest BCUT2D eigenvalue weighted by Crippen LogP contribution is 2.27. The molecule has 1 N–H and O–H groups in total. The third kappa shape index (κ3) is 3.94. The van der Waals surface area contributed by atoms with Gasteiger partial charge in [0.15, 0.2) is 17.1 Å². The van der Waals surface area contributed by atoms with Gasteiger partial charge in [-0.1, -0.05) is 18.2 Å². The number of carbonyl (C=O) groups excluding carboxylic acids is 1. The Morgan fingerprint density at radius 1 is 1.00 bits per heavy atom. The van der Waals surface area contributed by atoms with E-state index in [0.29, 0.717) is 29.3 Å². The van der Waals surface area contributed by atoms with Crippen LogP contribution in [0.15, 0.2) is 54.9 Å². The molecule has 0 spiro atoms. The first-order valence-corrected chi connectivity index (χ1v) is 9.91. The van der Waals surface area contributed by atoms with Crippen LogP contribution in [0.1, 0.15) is 27.0 Å². The van der Waals surface area contributed by atoms with E-state index in [1.54, 1.807) is 31.1 Å². The highest BCUT2D eigenvalue weighted by atomic mass is 16.5. The maximum absolute atomic E-state index is 12.9. The van der Waals surface area contributed by atoms with E-state index in [-0.39, 0.29) is 5.91 Å². The summed E-state index contributed by atoms with van der Waals surface area (Å²) in [4.78, 5) is 17.3. The number of benzene rings is 2. The Bertz CT molecular complexity index is 1260. The summed E-state index contributed by atoms with van der Waals surface area (Å²) >= 11 is 0. The van der Waals surface area contributed by atoms with Gasteiger partial charge in [-0.2, -0.15) is 5.10 Å². The third-order valence-corrected chi connectivity index (χ3v) is 5.35. The molecule has 1 amide bonds. The number of methoxy groups -OCH3 is 2. The summed E-state index contributed by atoms with van der Waals surface area (Å²) in [7, 11) is 3.17. The highest BCUT2D eigenvalue weighted by Gasteiger charge is 2.16. The molecule has 0 aliphatic carbocycles. The van der Waals surface area contributed by atoms with Crippen LogP contribution in [0.3, 0.4) is 0 Å². The average Bonchev–Trinajstić information content (AvgIpc) is 3.23. The molecule has 4 aromatic rings. The van der Waals surface area contributed by atoms with Crippen molar-refractivity contribution in [3.63, 3.8) is 0 Å². The SMILES string of the molecule is COc1ccc(CNC(=O)c2cnn3c(-c4ccc(C)c(C)c4)ccnc23)cc1OC. The average molecular weight is 416 g/mol. The van der Waals surface area contributed by atoms with Crippen LogP contribution >= 0.6 is 0 Å². The predicted molar refractivity (Wildman–Crippen MR) is 119 cm³/mol. The van der Waals surface area contributed by atoms with Crippen LogP contribution in [0.5, 0.6) is 11.5 Å². The Hall–Kier alpha value is -3.87. The van der Waals surface area contributed by atoms with Crippen LogP contribution in [0, 0.1) is 13.8 Å². The van der Waals surface area contributed by atoms with Crippen molar-refractivity contribution in [3.8, 4) is 22.8 Å². The number of fused-ring (bicyclic) bond motifs is 1. The topological polar surface area (TPSA) is 77.8 Å². The second kappa shape index (κ2) is 8.47. The van der Waals surface area contributed by atoms with Crippen molar-refractivity contribution in [2.75, 3.05) is 14.2 Å². The van der Waals surface area contributed by atoms with E-state index >= 15 is 0 Å². The summed E-state index contributed by atoms with van der Waals surface area (Å²) in [5.41, 5.74) is 6.16. The minimum Gasteiger partial charge on any atom is -0.493 e. The van der Waals surface area contributed by atoms with Gasteiger partial charge in [-0.3, -0.25) is 4.79 Å². The van der Waals surface area contributed by atoms with Crippen LogP contribution < -0.4 is 14.8 Å². The summed E-state index contributed by atoms with van der Waals surface area (Å²) in [6.07, 6.45) is 3.25. The fourth-order valence-corrected chi connectivity index (χ4v) is 3.44. The quantitative estimate of drug-likeness (QED) is 0.515. The lowest BCUT2D eigenvalue weighted by molar-refractivity contribution is 0.0952. The van der Waals surface area contributed by atoms with Gasteiger partial charge in [-0.05, 0) is 54.8 Å². The highest BCUT2D eigenvalue weighted by molar-refractivity contribution is 5.99. The number of rotatable bonds is 6. The third-order valence-electron chi connectivity index (χ3n) is 5.35. The molecule has 0 radical (unpaired) electrons. The summed E-state index contributed by atoms with van der Waals surface area (Å²) in [5, 5.41) is 7.36. The molecule has 0 bridgehead atoms. The van der Waals surface area contributed by atoms with E-state index in [0.717, 1.165) is 16.8 Å². The maximum atomic E-state index is 12.9. The predicted octanol–water partition coefficient (Wildman–Crippen LogP) is 3.96. The van der Waals surface area contributed by atoms with Gasteiger partial charge < -0.3 is 14.8 Å². The Morgan fingerprint density at radius 2 is 1.81 bits per heavy atom. The van der Waals surface area contributed by atoms with E-state index in [4.69, 9.17) is 9.47 Å². The van der Waals surface area contributed by atoms with Crippen LogP contribution in [0.4, 0.5) is 0 Å². The zero-order valence-electron chi connectivity index (χ0n) is 18.0. The molecule has 4 rings (SSSR count). The number of amides is 1. The van der Waals surface area contributed by atoms with Gasteiger partial charge in [0.1, 0.15) is 5.56 Å². The standard InChI is InChI=1S/C24H24N4O3/c1-15-5-7-18(11-16(15)2)20-9-10-25-23-19(14-27-28(20)23)24(29)26-13-17-6-8-21(30-3)22(12-17)31-4/h5-12,14H,13H2,1-4H3,(H,26,29). The molecule has 2 aromatic heterocycles. The van der Waals surface area contributed by atoms with E-state index in [1.807, 2.05) is 24.3 Å².